The summed E-state index contributed by atoms with van der Waals surface area (Å²) in [5, 5.41) is 6.91. The number of nitrogens with two attached hydrogens (primary N) is 1. The minimum absolute atomic E-state index is 0.157. The highest BCUT2D eigenvalue weighted by atomic mass is 79.9. The molecule has 1 saturated heterocycles. The molecule has 0 radical (unpaired) electrons. The molecule has 2 aromatic rings. The van der Waals surface area contributed by atoms with Gasteiger partial charge in [-0.1, -0.05) is 15.9 Å². The first-order chi connectivity index (χ1) is 9.13. The maximum Gasteiger partial charge on any atom is 0.245 e. The number of aromatic amines is 1. The Labute approximate surface area is 118 Å². The minimum Gasteiger partial charge on any atom is -0.338 e. The van der Waals surface area contributed by atoms with Crippen molar-refractivity contribution in [1.82, 2.24) is 15.2 Å². The largest absolute Gasteiger partial charge is 0.338 e. The van der Waals surface area contributed by atoms with Crippen LogP contribution in [0.25, 0.3) is 11.4 Å². The van der Waals surface area contributed by atoms with E-state index < -0.39 is 0 Å². The van der Waals surface area contributed by atoms with Crippen molar-refractivity contribution in [3.63, 3.8) is 0 Å². The van der Waals surface area contributed by atoms with E-state index in [-0.39, 0.29) is 11.9 Å². The molecule has 2 heterocycles. The summed E-state index contributed by atoms with van der Waals surface area (Å²) >= 11 is 3.32. The van der Waals surface area contributed by atoms with Crippen molar-refractivity contribution in [1.29, 1.82) is 0 Å². The van der Waals surface area contributed by atoms with E-state index in [2.05, 4.69) is 31.1 Å². The fourth-order valence-electron chi connectivity index (χ4n) is 2.16. The molecule has 3 N–H and O–H groups in total. The van der Waals surface area contributed by atoms with Gasteiger partial charge in [-0.15, -0.1) is 5.10 Å². The SMILES string of the molecule is NC1CCN(c2n[nH]c(-c3cc(Br)ccc3F)n2)C1. The van der Waals surface area contributed by atoms with Gasteiger partial charge in [0.25, 0.3) is 0 Å². The van der Waals surface area contributed by atoms with Gasteiger partial charge in [-0.2, -0.15) is 4.98 Å². The van der Waals surface area contributed by atoms with Crippen molar-refractivity contribution in [2.75, 3.05) is 18.0 Å². The topological polar surface area (TPSA) is 70.8 Å². The number of nitrogens with one attached hydrogen (secondary N) is 1. The predicted molar refractivity (Wildman–Crippen MR) is 74.3 cm³/mol. The fraction of sp³-hybridized carbons (Fsp3) is 0.333. The van der Waals surface area contributed by atoms with Crippen LogP contribution in [0.15, 0.2) is 22.7 Å². The minimum atomic E-state index is -0.330. The van der Waals surface area contributed by atoms with Gasteiger partial charge in [0.05, 0.1) is 5.56 Å². The summed E-state index contributed by atoms with van der Waals surface area (Å²) in [6.07, 6.45) is 0.926. The van der Waals surface area contributed by atoms with Gasteiger partial charge in [0, 0.05) is 23.6 Å². The van der Waals surface area contributed by atoms with Crippen LogP contribution < -0.4 is 10.6 Å². The third-order valence-electron chi connectivity index (χ3n) is 3.16. The Morgan fingerprint density at radius 1 is 1.47 bits per heavy atom. The number of halogens is 2. The molecule has 0 spiro atoms. The zero-order valence-electron chi connectivity index (χ0n) is 10.1. The highest BCUT2D eigenvalue weighted by Gasteiger charge is 2.23. The molecular weight excluding hydrogens is 313 g/mol. The number of nitrogens with zero attached hydrogens (tertiary/aromatic N) is 3. The quantitative estimate of drug-likeness (QED) is 0.884. The molecule has 1 aliphatic heterocycles. The van der Waals surface area contributed by atoms with Crippen molar-refractivity contribution in [2.45, 2.75) is 12.5 Å². The summed E-state index contributed by atoms with van der Waals surface area (Å²) in [4.78, 5) is 6.34. The highest BCUT2D eigenvalue weighted by Crippen LogP contribution is 2.25. The molecule has 1 unspecified atom stereocenters. The van der Waals surface area contributed by atoms with Gasteiger partial charge < -0.3 is 10.6 Å². The fourth-order valence-corrected chi connectivity index (χ4v) is 2.52. The van der Waals surface area contributed by atoms with E-state index in [1.54, 1.807) is 12.1 Å². The molecule has 1 fully saturated rings. The number of hydrogen-bond donors (Lipinski definition) is 2. The van der Waals surface area contributed by atoms with E-state index in [4.69, 9.17) is 5.73 Å². The smallest absolute Gasteiger partial charge is 0.245 e. The van der Waals surface area contributed by atoms with Crippen LogP contribution in [0.2, 0.25) is 0 Å². The molecule has 1 aromatic heterocycles. The first kappa shape index (κ1) is 12.6. The monoisotopic (exact) mass is 325 g/mol. The number of benzene rings is 1. The number of rotatable bonds is 2. The van der Waals surface area contributed by atoms with Crippen LogP contribution in [0.3, 0.4) is 0 Å². The molecule has 0 saturated carbocycles. The molecule has 1 aromatic carbocycles. The highest BCUT2D eigenvalue weighted by molar-refractivity contribution is 9.10. The first-order valence-corrected chi connectivity index (χ1v) is 6.81. The average molecular weight is 326 g/mol. The number of anilines is 1. The predicted octanol–water partition coefficient (Wildman–Crippen LogP) is 1.91. The van der Waals surface area contributed by atoms with Crippen molar-refractivity contribution in [3.05, 3.63) is 28.5 Å². The van der Waals surface area contributed by atoms with Crippen molar-refractivity contribution in [3.8, 4) is 11.4 Å². The molecule has 3 rings (SSSR count). The molecule has 1 atom stereocenters. The van der Waals surface area contributed by atoms with Gasteiger partial charge in [-0.3, -0.25) is 5.10 Å². The Morgan fingerprint density at radius 2 is 2.32 bits per heavy atom. The van der Waals surface area contributed by atoms with E-state index in [9.17, 15) is 4.39 Å². The first-order valence-electron chi connectivity index (χ1n) is 6.02. The van der Waals surface area contributed by atoms with Gasteiger partial charge in [0.15, 0.2) is 5.82 Å². The normalized spacial score (nSPS) is 19.1. The summed E-state index contributed by atoms with van der Waals surface area (Å²) in [5.41, 5.74) is 6.25. The van der Waals surface area contributed by atoms with Gasteiger partial charge in [-0.05, 0) is 24.6 Å². The molecule has 1 aliphatic rings. The molecule has 0 amide bonds. The third-order valence-corrected chi connectivity index (χ3v) is 3.66. The van der Waals surface area contributed by atoms with Crippen LogP contribution in [0, 0.1) is 5.82 Å². The Morgan fingerprint density at radius 3 is 3.05 bits per heavy atom. The second-order valence-electron chi connectivity index (χ2n) is 4.60. The maximum atomic E-state index is 13.8. The zero-order valence-corrected chi connectivity index (χ0v) is 11.7. The maximum absolute atomic E-state index is 13.8. The molecule has 0 bridgehead atoms. The zero-order chi connectivity index (χ0) is 13.4. The van der Waals surface area contributed by atoms with E-state index in [1.165, 1.54) is 6.07 Å². The lowest BCUT2D eigenvalue weighted by atomic mass is 10.2. The molecule has 5 nitrogen and oxygen atoms in total. The van der Waals surface area contributed by atoms with Gasteiger partial charge >= 0.3 is 0 Å². The second kappa shape index (κ2) is 4.90. The average Bonchev–Trinajstić information content (AvgIpc) is 3.00. The van der Waals surface area contributed by atoms with Crippen LogP contribution in [0.4, 0.5) is 10.3 Å². The lowest BCUT2D eigenvalue weighted by Gasteiger charge is -2.11. The summed E-state index contributed by atoms with van der Waals surface area (Å²) in [6, 6.07) is 4.88. The number of H-pyrrole nitrogens is 1. The summed E-state index contributed by atoms with van der Waals surface area (Å²) < 4.78 is 14.6. The summed E-state index contributed by atoms with van der Waals surface area (Å²) in [5.74, 6) is 0.667. The molecular formula is C12H13BrFN5. The van der Waals surface area contributed by atoms with Crippen LogP contribution in [0.5, 0.6) is 0 Å². The molecule has 19 heavy (non-hydrogen) atoms. The van der Waals surface area contributed by atoms with Crippen LogP contribution in [-0.4, -0.2) is 34.3 Å². The Hall–Kier alpha value is -1.47. The Balaban J connectivity index is 1.90. The van der Waals surface area contributed by atoms with E-state index in [0.717, 1.165) is 24.0 Å². The molecule has 100 valence electrons. The summed E-state index contributed by atoms with van der Waals surface area (Å²) in [7, 11) is 0. The van der Waals surface area contributed by atoms with Gasteiger partial charge in [0.2, 0.25) is 5.95 Å². The Bertz CT molecular complexity index is 600. The van der Waals surface area contributed by atoms with Crippen molar-refractivity contribution >= 4 is 21.9 Å². The summed E-state index contributed by atoms with van der Waals surface area (Å²) in [6.45, 7) is 1.57. The van der Waals surface area contributed by atoms with E-state index >= 15 is 0 Å². The van der Waals surface area contributed by atoms with Crippen LogP contribution in [0.1, 0.15) is 6.42 Å². The molecule has 7 heteroatoms. The van der Waals surface area contributed by atoms with E-state index in [1.807, 2.05) is 4.90 Å². The lowest BCUT2D eigenvalue weighted by molar-refractivity contribution is 0.630. The van der Waals surface area contributed by atoms with Crippen molar-refractivity contribution in [2.24, 2.45) is 5.73 Å². The second-order valence-corrected chi connectivity index (χ2v) is 5.52. The number of aromatic nitrogens is 3. The number of hydrogen-bond acceptors (Lipinski definition) is 4. The van der Waals surface area contributed by atoms with Crippen LogP contribution >= 0.6 is 15.9 Å². The third kappa shape index (κ3) is 2.48. The Kier molecular flexibility index (Phi) is 3.24. The standard InChI is InChI=1S/C12H13BrFN5/c13-7-1-2-10(14)9(5-7)11-16-12(18-17-11)19-4-3-8(15)6-19/h1-2,5,8H,3-4,6,15H2,(H,16,17,18). The lowest BCUT2D eigenvalue weighted by Crippen LogP contribution is -2.26. The van der Waals surface area contributed by atoms with Gasteiger partial charge in [-0.25, -0.2) is 4.39 Å². The van der Waals surface area contributed by atoms with E-state index in [0.29, 0.717) is 17.3 Å². The molecule has 0 aliphatic carbocycles. The van der Waals surface area contributed by atoms with Gasteiger partial charge in [0.1, 0.15) is 5.82 Å². The van der Waals surface area contributed by atoms with Crippen molar-refractivity contribution < 1.29 is 4.39 Å². The van der Waals surface area contributed by atoms with Crippen LogP contribution in [-0.2, 0) is 0 Å².